The number of hydrogen-bond acceptors (Lipinski definition) is 8. The highest BCUT2D eigenvalue weighted by Gasteiger charge is 2.15. The van der Waals surface area contributed by atoms with Crippen LogP contribution in [-0.4, -0.2) is 42.5 Å². The molecule has 0 aliphatic rings. The van der Waals surface area contributed by atoms with E-state index in [1.165, 1.54) is 0 Å². The second-order valence-electron chi connectivity index (χ2n) is 5.20. The van der Waals surface area contributed by atoms with Crippen LogP contribution in [0.2, 0.25) is 0 Å². The van der Waals surface area contributed by atoms with Gasteiger partial charge in [0.15, 0.2) is 11.5 Å². The van der Waals surface area contributed by atoms with Gasteiger partial charge in [0.05, 0.1) is 17.7 Å². The van der Waals surface area contributed by atoms with E-state index in [1.54, 1.807) is 0 Å². The van der Waals surface area contributed by atoms with E-state index in [4.69, 9.17) is 15.2 Å². The van der Waals surface area contributed by atoms with Crippen LogP contribution in [0.1, 0.15) is 29.9 Å². The first-order valence-corrected chi connectivity index (χ1v) is 9.01. The van der Waals surface area contributed by atoms with E-state index in [1.807, 2.05) is 26.0 Å². The summed E-state index contributed by atoms with van der Waals surface area (Å²) >= 11 is 3.52. The van der Waals surface area contributed by atoms with Crippen molar-refractivity contribution in [2.24, 2.45) is 0 Å². The largest absolute Gasteiger partial charge is 0.490 e. The van der Waals surface area contributed by atoms with Crippen molar-refractivity contribution >= 4 is 40.1 Å². The molecule has 4 N–H and O–H groups in total. The molecule has 1 amide bonds. The van der Waals surface area contributed by atoms with E-state index in [2.05, 4.69) is 41.5 Å². The number of nitrogens with zero attached hydrogens (tertiary/aromatic N) is 2. The average Bonchev–Trinajstić information content (AvgIpc) is 3.04. The summed E-state index contributed by atoms with van der Waals surface area (Å²) < 4.78 is 16.5. The quantitative estimate of drug-likeness (QED) is 0.457. The van der Waals surface area contributed by atoms with Crippen LogP contribution in [0.4, 0.5) is 5.82 Å². The molecule has 0 unspecified atom stereocenters. The van der Waals surface area contributed by atoms with Crippen LogP contribution < -0.4 is 25.8 Å². The van der Waals surface area contributed by atoms with Gasteiger partial charge in [-0.1, -0.05) is 0 Å². The fraction of sp³-hybridized carbons (Fsp3) is 0.438. The van der Waals surface area contributed by atoms with E-state index in [0.717, 1.165) is 10.0 Å². The van der Waals surface area contributed by atoms with Gasteiger partial charge in [-0.15, -0.1) is 12.4 Å². The van der Waals surface area contributed by atoms with Gasteiger partial charge in [0, 0.05) is 19.6 Å². The summed E-state index contributed by atoms with van der Waals surface area (Å²) in [4.78, 5) is 11.8. The Morgan fingerprint density at radius 3 is 2.59 bits per heavy atom. The molecule has 0 radical (unpaired) electrons. The third-order valence-electron chi connectivity index (χ3n) is 3.30. The monoisotopic (exact) mass is 463 g/mol. The predicted molar refractivity (Wildman–Crippen MR) is 106 cm³/mol. The molecule has 1 aromatic heterocycles. The first-order chi connectivity index (χ1) is 12.6. The van der Waals surface area contributed by atoms with Crippen molar-refractivity contribution in [3.05, 3.63) is 27.9 Å². The van der Waals surface area contributed by atoms with Crippen LogP contribution in [0.25, 0.3) is 0 Å². The lowest BCUT2D eigenvalue weighted by atomic mass is 10.2. The second kappa shape index (κ2) is 11.6. The Kier molecular flexibility index (Phi) is 9.90. The van der Waals surface area contributed by atoms with Crippen molar-refractivity contribution < 1.29 is 18.9 Å². The highest BCUT2D eigenvalue weighted by Crippen LogP contribution is 2.36. The van der Waals surface area contributed by atoms with Crippen molar-refractivity contribution in [3.8, 4) is 11.5 Å². The highest BCUT2D eigenvalue weighted by atomic mass is 79.9. The zero-order chi connectivity index (χ0) is 18.9. The number of aromatic nitrogens is 2. The fourth-order valence-corrected chi connectivity index (χ4v) is 2.81. The molecule has 2 rings (SSSR count). The number of nitrogens with one attached hydrogen (secondary N) is 2. The molecule has 0 aliphatic heterocycles. The molecule has 0 saturated carbocycles. The molecule has 9 nitrogen and oxygen atoms in total. The van der Waals surface area contributed by atoms with Crippen molar-refractivity contribution in [2.75, 3.05) is 32.0 Å². The summed E-state index contributed by atoms with van der Waals surface area (Å²) in [5.41, 5.74) is 6.48. The zero-order valence-electron chi connectivity index (χ0n) is 15.1. The highest BCUT2D eigenvalue weighted by molar-refractivity contribution is 9.10. The Balaban J connectivity index is 0.00000364. The fourth-order valence-electron chi connectivity index (χ4n) is 2.20. The minimum absolute atomic E-state index is 0. The van der Waals surface area contributed by atoms with Gasteiger partial charge in [-0.2, -0.15) is 0 Å². The van der Waals surface area contributed by atoms with Gasteiger partial charge in [-0.25, -0.2) is 4.63 Å². The Labute approximate surface area is 171 Å². The summed E-state index contributed by atoms with van der Waals surface area (Å²) in [7, 11) is 0. The molecule has 27 heavy (non-hydrogen) atoms. The molecule has 0 fully saturated rings. The number of nitrogens with two attached hydrogens (primary N) is 1. The maximum atomic E-state index is 11.8. The van der Waals surface area contributed by atoms with Gasteiger partial charge in [0.25, 0.3) is 5.91 Å². The third-order valence-corrected chi connectivity index (χ3v) is 3.89. The van der Waals surface area contributed by atoms with E-state index in [-0.39, 0.29) is 23.9 Å². The molecule has 1 heterocycles. The predicted octanol–water partition coefficient (Wildman–Crippen LogP) is 2.15. The van der Waals surface area contributed by atoms with Crippen LogP contribution in [-0.2, 0) is 6.54 Å². The van der Waals surface area contributed by atoms with Crippen LogP contribution >= 0.6 is 28.3 Å². The molecular formula is C16H23BrClN5O4. The van der Waals surface area contributed by atoms with Gasteiger partial charge in [-0.05, 0) is 57.8 Å². The van der Waals surface area contributed by atoms with Gasteiger partial charge in [0.2, 0.25) is 11.5 Å². The van der Waals surface area contributed by atoms with Crippen molar-refractivity contribution in [1.29, 1.82) is 0 Å². The van der Waals surface area contributed by atoms with Crippen molar-refractivity contribution in [1.82, 2.24) is 20.9 Å². The number of halogens is 2. The summed E-state index contributed by atoms with van der Waals surface area (Å²) in [6.45, 7) is 6.53. The first kappa shape index (κ1) is 23.0. The summed E-state index contributed by atoms with van der Waals surface area (Å²) in [6, 6.07) is 3.91. The van der Waals surface area contributed by atoms with E-state index in [0.29, 0.717) is 44.3 Å². The van der Waals surface area contributed by atoms with Crippen LogP contribution in [0, 0.1) is 0 Å². The molecule has 0 saturated heterocycles. The topological polar surface area (TPSA) is 125 Å². The summed E-state index contributed by atoms with van der Waals surface area (Å²) in [6.07, 6.45) is 0. The number of amides is 1. The summed E-state index contributed by atoms with van der Waals surface area (Å²) in [5, 5.41) is 12.7. The number of carbonyl (C=O) groups is 1. The van der Waals surface area contributed by atoms with E-state index >= 15 is 0 Å². The van der Waals surface area contributed by atoms with Gasteiger partial charge < -0.3 is 25.8 Å². The molecule has 0 atom stereocenters. The minimum atomic E-state index is -0.423. The van der Waals surface area contributed by atoms with Crippen LogP contribution in [0.5, 0.6) is 11.5 Å². The minimum Gasteiger partial charge on any atom is -0.490 e. The molecule has 1 aromatic carbocycles. The molecule has 2 aromatic rings. The normalized spacial score (nSPS) is 10.2. The van der Waals surface area contributed by atoms with Crippen molar-refractivity contribution in [2.45, 2.75) is 20.4 Å². The van der Waals surface area contributed by atoms with Gasteiger partial charge in [-0.3, -0.25) is 4.79 Å². The Hall–Kier alpha value is -2.04. The zero-order valence-corrected chi connectivity index (χ0v) is 17.5. The molecular weight excluding hydrogens is 442 g/mol. The second-order valence-corrected chi connectivity index (χ2v) is 6.06. The standard InChI is InChI=1S/C16H22BrN5O4.ClH/c1-3-24-12-8-10(7-11(17)14(12)25-4-2)9-19-5-6-20-16(23)13-15(18)22-26-21-13;/h7-8,19H,3-6,9H2,1-2H3,(H2,18,22)(H,20,23);1H. The lowest BCUT2D eigenvalue weighted by molar-refractivity contribution is 0.0944. The smallest absolute Gasteiger partial charge is 0.277 e. The number of anilines is 1. The maximum Gasteiger partial charge on any atom is 0.277 e. The van der Waals surface area contributed by atoms with E-state index in [9.17, 15) is 4.79 Å². The Bertz CT molecular complexity index is 744. The molecule has 0 bridgehead atoms. The van der Waals surface area contributed by atoms with Crippen LogP contribution in [0.3, 0.4) is 0 Å². The Morgan fingerprint density at radius 1 is 1.22 bits per heavy atom. The Morgan fingerprint density at radius 2 is 1.96 bits per heavy atom. The lowest BCUT2D eigenvalue weighted by Gasteiger charge is -2.15. The number of carbonyl (C=O) groups excluding carboxylic acids is 1. The molecule has 150 valence electrons. The maximum absolute atomic E-state index is 11.8. The molecule has 0 aliphatic carbocycles. The third kappa shape index (κ3) is 6.56. The number of nitrogen functional groups attached to an aromatic ring is 1. The lowest BCUT2D eigenvalue weighted by Crippen LogP contribution is -2.32. The van der Waals surface area contributed by atoms with E-state index < -0.39 is 5.91 Å². The number of rotatable bonds is 10. The number of ether oxygens (including phenoxy) is 2. The van der Waals surface area contributed by atoms with Crippen molar-refractivity contribution in [3.63, 3.8) is 0 Å². The van der Waals surface area contributed by atoms with Gasteiger partial charge >= 0.3 is 0 Å². The summed E-state index contributed by atoms with van der Waals surface area (Å²) in [5.74, 6) is 0.943. The number of hydrogen-bond donors (Lipinski definition) is 3. The SMILES string of the molecule is CCOc1cc(CNCCNC(=O)c2nonc2N)cc(Br)c1OCC.Cl. The van der Waals surface area contributed by atoms with Gasteiger partial charge in [0.1, 0.15) is 0 Å². The molecule has 0 spiro atoms. The average molecular weight is 465 g/mol. The molecule has 11 heteroatoms. The number of benzene rings is 1. The van der Waals surface area contributed by atoms with Crippen LogP contribution in [0.15, 0.2) is 21.2 Å². The first-order valence-electron chi connectivity index (χ1n) is 8.21.